The molecule has 1 heterocycles. The van der Waals surface area contributed by atoms with Gasteiger partial charge in [0.1, 0.15) is 6.10 Å². The molecule has 1 nitrogen and oxygen atoms in total. The van der Waals surface area contributed by atoms with E-state index in [4.69, 9.17) is 11.6 Å². The average molecular weight is 307 g/mol. The standard InChI is InChI=1S/C17H19ClOS/c18-16-11-10-15(20-16)17(19)14-8-6-13(7-9-14)12-4-2-1-3-5-12/h6-12,17,19H,1-5H2. The Morgan fingerprint density at radius 3 is 2.30 bits per heavy atom. The van der Waals surface area contributed by atoms with E-state index in [1.165, 1.54) is 49.0 Å². The third-order valence-electron chi connectivity index (χ3n) is 4.19. The van der Waals surface area contributed by atoms with Crippen molar-refractivity contribution in [3.8, 4) is 0 Å². The molecule has 106 valence electrons. The first-order valence-corrected chi connectivity index (χ1v) is 8.46. The van der Waals surface area contributed by atoms with Crippen LogP contribution >= 0.6 is 22.9 Å². The highest BCUT2D eigenvalue weighted by atomic mass is 35.5. The van der Waals surface area contributed by atoms with Gasteiger partial charge in [-0.3, -0.25) is 0 Å². The number of aliphatic hydroxyl groups excluding tert-OH is 1. The Kier molecular flexibility index (Phi) is 4.45. The van der Waals surface area contributed by atoms with Gasteiger partial charge in [-0.15, -0.1) is 11.3 Å². The summed E-state index contributed by atoms with van der Waals surface area (Å²) in [6.45, 7) is 0. The molecule has 0 amide bonds. The number of hydrogen-bond donors (Lipinski definition) is 1. The molecule has 0 saturated heterocycles. The van der Waals surface area contributed by atoms with Crippen LogP contribution in [0.4, 0.5) is 0 Å². The molecule has 20 heavy (non-hydrogen) atoms. The Morgan fingerprint density at radius 2 is 1.70 bits per heavy atom. The molecule has 3 heteroatoms. The molecule has 1 aliphatic carbocycles. The lowest BCUT2D eigenvalue weighted by molar-refractivity contribution is 0.224. The van der Waals surface area contributed by atoms with Gasteiger partial charge in [0.15, 0.2) is 0 Å². The Morgan fingerprint density at radius 1 is 1.00 bits per heavy atom. The van der Waals surface area contributed by atoms with Crippen LogP contribution in [0.5, 0.6) is 0 Å². The molecule has 0 bridgehead atoms. The summed E-state index contributed by atoms with van der Waals surface area (Å²) in [7, 11) is 0. The topological polar surface area (TPSA) is 20.2 Å². The minimum atomic E-state index is -0.562. The second-order valence-electron chi connectivity index (χ2n) is 5.55. The lowest BCUT2D eigenvalue weighted by Crippen LogP contribution is -2.05. The van der Waals surface area contributed by atoms with Crippen molar-refractivity contribution in [2.45, 2.75) is 44.1 Å². The zero-order valence-corrected chi connectivity index (χ0v) is 13.0. The molecular formula is C17H19ClOS. The van der Waals surface area contributed by atoms with E-state index in [-0.39, 0.29) is 0 Å². The summed E-state index contributed by atoms with van der Waals surface area (Å²) in [4.78, 5) is 0.903. The first kappa shape index (κ1) is 14.1. The summed E-state index contributed by atoms with van der Waals surface area (Å²) >= 11 is 7.36. The molecule has 1 saturated carbocycles. The number of rotatable bonds is 3. The highest BCUT2D eigenvalue weighted by Gasteiger charge is 2.17. The van der Waals surface area contributed by atoms with Gasteiger partial charge < -0.3 is 5.11 Å². The quantitative estimate of drug-likeness (QED) is 0.790. The lowest BCUT2D eigenvalue weighted by Gasteiger charge is -2.22. The normalized spacial score (nSPS) is 18.1. The van der Waals surface area contributed by atoms with Gasteiger partial charge in [-0.05, 0) is 42.0 Å². The fourth-order valence-corrected chi connectivity index (χ4v) is 4.10. The smallest absolute Gasteiger partial charge is 0.113 e. The zero-order chi connectivity index (χ0) is 13.9. The molecule has 1 unspecified atom stereocenters. The highest BCUT2D eigenvalue weighted by molar-refractivity contribution is 7.16. The van der Waals surface area contributed by atoms with Gasteiger partial charge in [0.2, 0.25) is 0 Å². The highest BCUT2D eigenvalue weighted by Crippen LogP contribution is 2.34. The minimum Gasteiger partial charge on any atom is -0.383 e. The van der Waals surface area contributed by atoms with E-state index in [0.717, 1.165) is 14.8 Å². The molecule has 3 rings (SSSR count). The van der Waals surface area contributed by atoms with Gasteiger partial charge in [0, 0.05) is 4.88 Å². The Bertz CT molecular complexity index is 555. The SMILES string of the molecule is OC(c1ccc(C2CCCCC2)cc1)c1ccc(Cl)s1. The van der Waals surface area contributed by atoms with E-state index in [1.807, 2.05) is 12.1 Å². The van der Waals surface area contributed by atoms with Crippen LogP contribution in [0.15, 0.2) is 36.4 Å². The van der Waals surface area contributed by atoms with Crippen LogP contribution in [0.2, 0.25) is 4.34 Å². The number of halogens is 1. The van der Waals surface area contributed by atoms with Crippen molar-refractivity contribution in [3.63, 3.8) is 0 Å². The Hall–Kier alpha value is -0.830. The van der Waals surface area contributed by atoms with Crippen LogP contribution in [0.1, 0.15) is 60.1 Å². The van der Waals surface area contributed by atoms with E-state index in [9.17, 15) is 5.11 Å². The second kappa shape index (κ2) is 6.30. The van der Waals surface area contributed by atoms with Crippen molar-refractivity contribution in [3.05, 3.63) is 56.7 Å². The van der Waals surface area contributed by atoms with Crippen molar-refractivity contribution in [2.75, 3.05) is 0 Å². The van der Waals surface area contributed by atoms with E-state index >= 15 is 0 Å². The van der Waals surface area contributed by atoms with Crippen molar-refractivity contribution in [1.29, 1.82) is 0 Å². The maximum atomic E-state index is 10.4. The third kappa shape index (κ3) is 3.08. The van der Waals surface area contributed by atoms with E-state index in [1.54, 1.807) is 0 Å². The van der Waals surface area contributed by atoms with Gasteiger partial charge >= 0.3 is 0 Å². The largest absolute Gasteiger partial charge is 0.383 e. The number of hydrogen-bond acceptors (Lipinski definition) is 2. The van der Waals surface area contributed by atoms with Crippen molar-refractivity contribution >= 4 is 22.9 Å². The lowest BCUT2D eigenvalue weighted by atomic mass is 9.84. The molecule has 1 N–H and O–H groups in total. The first-order chi connectivity index (χ1) is 9.74. The second-order valence-corrected chi connectivity index (χ2v) is 7.29. The van der Waals surface area contributed by atoms with Gasteiger partial charge in [-0.2, -0.15) is 0 Å². The van der Waals surface area contributed by atoms with Gasteiger partial charge in [0.05, 0.1) is 4.34 Å². The van der Waals surface area contributed by atoms with Crippen molar-refractivity contribution in [1.82, 2.24) is 0 Å². The Balaban J connectivity index is 1.75. The fraction of sp³-hybridized carbons (Fsp3) is 0.412. The van der Waals surface area contributed by atoms with Crippen LogP contribution in [-0.2, 0) is 0 Å². The molecule has 2 aromatic rings. The molecule has 0 radical (unpaired) electrons. The molecule has 1 aliphatic rings. The molecule has 1 fully saturated rings. The first-order valence-electron chi connectivity index (χ1n) is 7.27. The van der Waals surface area contributed by atoms with Gasteiger partial charge in [0.25, 0.3) is 0 Å². The average Bonchev–Trinajstić information content (AvgIpc) is 2.94. The molecule has 1 atom stereocenters. The van der Waals surface area contributed by atoms with E-state index in [0.29, 0.717) is 5.92 Å². The van der Waals surface area contributed by atoms with Crippen LogP contribution < -0.4 is 0 Å². The minimum absolute atomic E-state index is 0.562. The molecule has 1 aromatic carbocycles. The predicted octanol–water partition coefficient (Wildman–Crippen LogP) is 5.53. The third-order valence-corrected chi connectivity index (χ3v) is 5.48. The number of thiophene rings is 1. The summed E-state index contributed by atoms with van der Waals surface area (Å²) < 4.78 is 0.720. The van der Waals surface area contributed by atoms with Gasteiger partial charge in [-0.25, -0.2) is 0 Å². The summed E-state index contributed by atoms with van der Waals surface area (Å²) in [5, 5.41) is 10.4. The van der Waals surface area contributed by atoms with Crippen LogP contribution in [0, 0.1) is 0 Å². The fourth-order valence-electron chi connectivity index (χ4n) is 3.03. The monoisotopic (exact) mass is 306 g/mol. The van der Waals surface area contributed by atoms with E-state index < -0.39 is 6.10 Å². The molecule has 1 aromatic heterocycles. The molecule has 0 spiro atoms. The van der Waals surface area contributed by atoms with Crippen molar-refractivity contribution < 1.29 is 5.11 Å². The van der Waals surface area contributed by atoms with Gasteiger partial charge in [-0.1, -0.05) is 55.1 Å². The summed E-state index contributed by atoms with van der Waals surface area (Å²) in [6.07, 6.45) is 6.14. The summed E-state index contributed by atoms with van der Waals surface area (Å²) in [5.74, 6) is 0.714. The maximum Gasteiger partial charge on any atom is 0.113 e. The molecular weight excluding hydrogens is 288 g/mol. The summed E-state index contributed by atoms with van der Waals surface area (Å²) in [5.41, 5.74) is 2.37. The maximum absolute atomic E-state index is 10.4. The summed E-state index contributed by atoms with van der Waals surface area (Å²) in [6, 6.07) is 12.2. The molecule has 0 aliphatic heterocycles. The van der Waals surface area contributed by atoms with Crippen molar-refractivity contribution in [2.24, 2.45) is 0 Å². The van der Waals surface area contributed by atoms with Crippen LogP contribution in [0.3, 0.4) is 0 Å². The number of benzene rings is 1. The van der Waals surface area contributed by atoms with Crippen LogP contribution in [-0.4, -0.2) is 5.11 Å². The predicted molar refractivity (Wildman–Crippen MR) is 85.7 cm³/mol. The van der Waals surface area contributed by atoms with Crippen LogP contribution in [0.25, 0.3) is 0 Å². The van der Waals surface area contributed by atoms with E-state index in [2.05, 4.69) is 24.3 Å². The number of aliphatic hydroxyl groups is 1. The zero-order valence-electron chi connectivity index (χ0n) is 11.4. The Labute approximate surface area is 129 Å².